The van der Waals surface area contributed by atoms with Crippen LogP contribution >= 0.6 is 0 Å². The number of fused-ring (bicyclic) bond motifs is 2. The highest BCUT2D eigenvalue weighted by Gasteiger charge is 2.42. The Kier molecular flexibility index (Phi) is 10.6. The number of rotatable bonds is 11. The number of nitrogens with one attached hydrogen (secondary N) is 2. The number of nitrogens with zero attached hydrogens (tertiary/aromatic N) is 8. The van der Waals surface area contributed by atoms with E-state index in [-0.39, 0.29) is 23.8 Å². The van der Waals surface area contributed by atoms with Crippen molar-refractivity contribution in [3.05, 3.63) is 53.9 Å². The van der Waals surface area contributed by atoms with Gasteiger partial charge in [0.05, 0.1) is 30.6 Å². The van der Waals surface area contributed by atoms with Crippen LogP contribution in [0.4, 0.5) is 11.5 Å². The third kappa shape index (κ3) is 8.02. The molecule has 10 rings (SSSR count). The Morgan fingerprint density at radius 2 is 1.64 bits per heavy atom. The van der Waals surface area contributed by atoms with E-state index in [1.54, 1.807) is 18.3 Å². The molecule has 5 aliphatic heterocycles. The molecule has 2 aromatic carbocycles. The van der Waals surface area contributed by atoms with Crippen molar-refractivity contribution in [3.8, 4) is 22.9 Å². The van der Waals surface area contributed by atoms with Gasteiger partial charge >= 0.3 is 0 Å². The molecule has 4 saturated heterocycles. The maximum Gasteiger partial charge on any atom is 0.255 e. The molecule has 0 radical (unpaired) electrons. The van der Waals surface area contributed by atoms with E-state index in [1.807, 2.05) is 24.3 Å². The topological polar surface area (TPSA) is 152 Å². The Labute approximate surface area is 357 Å². The van der Waals surface area contributed by atoms with Crippen molar-refractivity contribution < 1.29 is 23.9 Å². The van der Waals surface area contributed by atoms with E-state index >= 15 is 0 Å². The Balaban J connectivity index is 0.686. The third-order valence-corrected chi connectivity index (χ3v) is 14.3. The lowest BCUT2D eigenvalue weighted by Crippen LogP contribution is -2.54. The zero-order valence-electron chi connectivity index (χ0n) is 35.7. The summed E-state index contributed by atoms with van der Waals surface area (Å²) < 4.78 is 12.2. The summed E-state index contributed by atoms with van der Waals surface area (Å²) in [6, 6.07) is 12.0. The number of ether oxygens (including phenoxy) is 2. The molecule has 1 unspecified atom stereocenters. The highest BCUT2D eigenvalue weighted by molar-refractivity contribution is 6.06. The fourth-order valence-corrected chi connectivity index (χ4v) is 10.4. The number of methoxy groups -OCH3 is 1. The van der Waals surface area contributed by atoms with Crippen LogP contribution in [-0.2, 0) is 16.1 Å². The number of hydrogen-bond acceptors (Lipinski definition) is 12. The largest absolute Gasteiger partial charge is 0.494 e. The molecule has 15 nitrogen and oxygen atoms in total. The Morgan fingerprint density at radius 1 is 0.869 bits per heavy atom. The molecule has 5 fully saturated rings. The van der Waals surface area contributed by atoms with Crippen LogP contribution in [0.25, 0.3) is 22.3 Å². The molecule has 1 aliphatic carbocycles. The maximum absolute atomic E-state index is 13.4. The number of imide groups is 1. The van der Waals surface area contributed by atoms with Crippen LogP contribution in [0, 0.1) is 11.8 Å². The predicted molar refractivity (Wildman–Crippen MR) is 232 cm³/mol. The van der Waals surface area contributed by atoms with Gasteiger partial charge in [0.15, 0.2) is 0 Å². The summed E-state index contributed by atoms with van der Waals surface area (Å²) in [6.07, 6.45) is 8.95. The van der Waals surface area contributed by atoms with Gasteiger partial charge in [0.25, 0.3) is 5.91 Å². The van der Waals surface area contributed by atoms with Crippen LogP contribution in [0.1, 0.15) is 81.1 Å². The number of amides is 3. The van der Waals surface area contributed by atoms with E-state index in [0.717, 1.165) is 148 Å². The molecule has 7 heterocycles. The molecule has 2 N–H and O–H groups in total. The average molecular weight is 831 g/mol. The smallest absolute Gasteiger partial charge is 0.255 e. The fourth-order valence-electron chi connectivity index (χ4n) is 10.4. The molecule has 4 aromatic rings. The minimum Gasteiger partial charge on any atom is -0.494 e. The van der Waals surface area contributed by atoms with Gasteiger partial charge in [0.2, 0.25) is 11.8 Å². The second-order valence-corrected chi connectivity index (χ2v) is 18.6. The van der Waals surface area contributed by atoms with Crippen LogP contribution in [0.2, 0.25) is 0 Å². The van der Waals surface area contributed by atoms with Gasteiger partial charge in [0, 0.05) is 93.9 Å². The number of piperidine rings is 3. The molecule has 0 bridgehead atoms. The summed E-state index contributed by atoms with van der Waals surface area (Å²) in [4.78, 5) is 58.9. The van der Waals surface area contributed by atoms with Crippen molar-refractivity contribution in [2.45, 2.75) is 89.4 Å². The molecular formula is C46H58N10O5. The summed E-state index contributed by atoms with van der Waals surface area (Å²) >= 11 is 0. The lowest BCUT2D eigenvalue weighted by atomic mass is 9.93. The summed E-state index contributed by atoms with van der Waals surface area (Å²) in [5.74, 6) is 3.01. The van der Waals surface area contributed by atoms with Crippen molar-refractivity contribution in [1.29, 1.82) is 0 Å². The number of piperazine rings is 1. The molecule has 61 heavy (non-hydrogen) atoms. The second kappa shape index (κ2) is 16.2. The highest BCUT2D eigenvalue weighted by Crippen LogP contribution is 2.42. The van der Waals surface area contributed by atoms with Crippen molar-refractivity contribution in [2.24, 2.45) is 11.8 Å². The van der Waals surface area contributed by atoms with E-state index in [2.05, 4.69) is 66.1 Å². The molecule has 6 aliphatic rings. The minimum atomic E-state index is -0.642. The maximum atomic E-state index is 13.4. The van der Waals surface area contributed by atoms with Crippen LogP contribution in [0.5, 0.6) is 11.5 Å². The van der Waals surface area contributed by atoms with E-state index < -0.39 is 11.9 Å². The van der Waals surface area contributed by atoms with E-state index in [4.69, 9.17) is 14.5 Å². The van der Waals surface area contributed by atoms with Gasteiger partial charge in [-0.2, -0.15) is 5.10 Å². The standard InChI is InChI=1S/C46H58N10O5/c1-29-24-52(25-30-12-18-54(19-13-30)40-23-37(47-28-48-40)42-34-22-32(61-46(2)14-15-46)4-6-36(34)50-51-42)20-21-55(29)26-31-10-16-53(17-11-31)38-7-5-33-35(43(38)60-3)27-56(45(33)59)39-8-9-41(57)49-44(39)58/h4-7,22-23,28-31,39H,8-21,24-27H2,1-3H3,(H,50,51)(H,49,57,58)/t29-,39?/m1/s1. The van der Waals surface area contributed by atoms with Crippen LogP contribution in [0.15, 0.2) is 42.7 Å². The van der Waals surface area contributed by atoms with Gasteiger partial charge < -0.3 is 29.1 Å². The third-order valence-electron chi connectivity index (χ3n) is 14.3. The number of carbonyl (C=O) groups excluding carboxylic acids is 3. The molecule has 3 amide bonds. The van der Waals surface area contributed by atoms with Crippen LogP contribution < -0.4 is 24.6 Å². The molecule has 2 atom stereocenters. The quantitative estimate of drug-likeness (QED) is 0.199. The fraction of sp³-hybridized carbons (Fsp3) is 0.565. The number of hydrogen-bond donors (Lipinski definition) is 2. The summed E-state index contributed by atoms with van der Waals surface area (Å²) in [5.41, 5.74) is 5.01. The number of aromatic nitrogens is 4. The minimum absolute atomic E-state index is 0.0400. The van der Waals surface area contributed by atoms with E-state index in [0.29, 0.717) is 36.4 Å². The Bertz CT molecular complexity index is 2310. The number of benzene rings is 2. The lowest BCUT2D eigenvalue weighted by Gasteiger charge is -2.44. The SMILES string of the molecule is COc1c(N2CCC(CN3CCN(CC4CCN(c5cc(-c6n[nH]c7ccc(OC8(C)CC8)cc67)ncn5)CC4)C[C@H]3C)CC2)ccc2c1CN(C1CCC(=O)NC1=O)C2=O. The first-order valence-electron chi connectivity index (χ1n) is 22.4. The number of carbonyl (C=O) groups is 3. The first-order chi connectivity index (χ1) is 29.6. The number of aromatic amines is 1. The molecule has 1 saturated carbocycles. The predicted octanol–water partition coefficient (Wildman–Crippen LogP) is 4.86. The van der Waals surface area contributed by atoms with Gasteiger partial charge in [-0.25, -0.2) is 9.97 Å². The van der Waals surface area contributed by atoms with Crippen molar-refractivity contribution >= 4 is 40.1 Å². The molecular weight excluding hydrogens is 773 g/mol. The number of anilines is 2. The molecule has 322 valence electrons. The zero-order valence-corrected chi connectivity index (χ0v) is 35.7. The lowest BCUT2D eigenvalue weighted by molar-refractivity contribution is -0.136. The van der Waals surface area contributed by atoms with Crippen LogP contribution in [-0.4, -0.2) is 136 Å². The van der Waals surface area contributed by atoms with Crippen molar-refractivity contribution in [3.63, 3.8) is 0 Å². The van der Waals surface area contributed by atoms with Crippen molar-refractivity contribution in [2.75, 3.05) is 75.8 Å². The number of H-pyrrole nitrogens is 1. The Hall–Kier alpha value is -5.28. The Morgan fingerprint density at radius 3 is 2.38 bits per heavy atom. The normalized spacial score (nSPS) is 24.0. The summed E-state index contributed by atoms with van der Waals surface area (Å²) in [7, 11) is 1.66. The molecule has 0 spiro atoms. The first-order valence-corrected chi connectivity index (χ1v) is 22.4. The highest BCUT2D eigenvalue weighted by atomic mass is 16.5. The van der Waals surface area contributed by atoms with E-state index in [9.17, 15) is 14.4 Å². The van der Waals surface area contributed by atoms with Gasteiger partial charge in [-0.15, -0.1) is 0 Å². The first kappa shape index (κ1) is 39.8. The average Bonchev–Trinajstić information content (AvgIpc) is 3.68. The van der Waals surface area contributed by atoms with E-state index in [1.165, 1.54) is 0 Å². The van der Waals surface area contributed by atoms with Crippen molar-refractivity contribution in [1.82, 2.24) is 40.2 Å². The van der Waals surface area contributed by atoms with Gasteiger partial charge in [-0.05, 0) is 101 Å². The van der Waals surface area contributed by atoms with Gasteiger partial charge in [-0.3, -0.25) is 29.7 Å². The zero-order chi connectivity index (χ0) is 41.8. The monoisotopic (exact) mass is 830 g/mol. The summed E-state index contributed by atoms with van der Waals surface area (Å²) in [6.45, 7) is 14.3. The second-order valence-electron chi connectivity index (χ2n) is 18.6. The van der Waals surface area contributed by atoms with Gasteiger partial charge in [0.1, 0.15) is 41.0 Å². The van der Waals surface area contributed by atoms with Gasteiger partial charge in [-0.1, -0.05) is 0 Å². The molecule has 15 heteroatoms. The van der Waals surface area contributed by atoms with Crippen LogP contribution in [0.3, 0.4) is 0 Å². The molecule has 2 aromatic heterocycles. The summed E-state index contributed by atoms with van der Waals surface area (Å²) in [5, 5.41) is 11.2.